The van der Waals surface area contributed by atoms with Crippen LogP contribution in [0.5, 0.6) is 0 Å². The minimum atomic E-state index is 0. The largest absolute Gasteiger partial charge is 0.379 e. The zero-order chi connectivity index (χ0) is 19.9. The van der Waals surface area contributed by atoms with Crippen LogP contribution in [0.1, 0.15) is 32.4 Å². The summed E-state index contributed by atoms with van der Waals surface area (Å²) in [7, 11) is 1.81. The van der Waals surface area contributed by atoms with Crippen molar-refractivity contribution in [2.75, 3.05) is 33.4 Å². The first kappa shape index (κ1) is 23.6. The summed E-state index contributed by atoms with van der Waals surface area (Å²) in [5.41, 5.74) is 2.24. The number of aliphatic imine (C=N–C) groups is 1. The average Bonchev–Trinajstić information content (AvgIpc) is 3.26. The fourth-order valence-corrected chi connectivity index (χ4v) is 3.60. The van der Waals surface area contributed by atoms with Gasteiger partial charge in [0.1, 0.15) is 0 Å². The van der Waals surface area contributed by atoms with Crippen molar-refractivity contribution in [1.82, 2.24) is 25.3 Å². The molecule has 3 unspecified atom stereocenters. The Kier molecular flexibility index (Phi) is 9.38. The predicted molar refractivity (Wildman–Crippen MR) is 128 cm³/mol. The molecule has 7 nitrogen and oxygen atoms in total. The molecule has 29 heavy (non-hydrogen) atoms. The molecule has 2 N–H and O–H groups in total. The Bertz CT molecular complexity index is 766. The molecule has 2 aromatic rings. The summed E-state index contributed by atoms with van der Waals surface area (Å²) < 4.78 is 7.41. The minimum absolute atomic E-state index is 0. The summed E-state index contributed by atoms with van der Waals surface area (Å²) in [6.07, 6.45) is 3.74. The first-order chi connectivity index (χ1) is 13.6. The van der Waals surface area contributed by atoms with Crippen molar-refractivity contribution in [3.63, 3.8) is 0 Å². The molecule has 1 aromatic carbocycles. The molecule has 1 aliphatic heterocycles. The number of benzene rings is 1. The van der Waals surface area contributed by atoms with Crippen LogP contribution in [0.2, 0.25) is 0 Å². The Labute approximate surface area is 190 Å². The zero-order valence-corrected chi connectivity index (χ0v) is 20.0. The van der Waals surface area contributed by atoms with E-state index in [2.05, 4.69) is 70.7 Å². The molecule has 1 aliphatic rings. The van der Waals surface area contributed by atoms with Gasteiger partial charge in [-0.1, -0.05) is 12.1 Å². The predicted octanol–water partition coefficient (Wildman–Crippen LogP) is 2.83. The molecule has 0 amide bonds. The molecule has 160 valence electrons. The van der Waals surface area contributed by atoms with Gasteiger partial charge in [-0.15, -0.1) is 24.0 Å². The van der Waals surface area contributed by atoms with Crippen LogP contribution in [0.4, 0.5) is 0 Å². The highest BCUT2D eigenvalue weighted by Gasteiger charge is 2.23. The van der Waals surface area contributed by atoms with Crippen molar-refractivity contribution < 1.29 is 4.74 Å². The number of ether oxygens (including phenoxy) is 1. The maximum atomic E-state index is 5.54. The van der Waals surface area contributed by atoms with Gasteiger partial charge in [-0.05, 0) is 44.5 Å². The van der Waals surface area contributed by atoms with Gasteiger partial charge in [-0.3, -0.25) is 9.89 Å². The highest BCUT2D eigenvalue weighted by atomic mass is 127. The van der Waals surface area contributed by atoms with Crippen LogP contribution in [0.3, 0.4) is 0 Å². The molecule has 8 heteroatoms. The number of aromatic nitrogens is 2. The van der Waals surface area contributed by atoms with Gasteiger partial charge in [0.05, 0.1) is 24.9 Å². The van der Waals surface area contributed by atoms with Crippen molar-refractivity contribution in [2.45, 2.75) is 38.9 Å². The Morgan fingerprint density at radius 1 is 1.34 bits per heavy atom. The van der Waals surface area contributed by atoms with E-state index in [1.807, 2.05) is 24.0 Å². The molecule has 0 bridgehead atoms. The molecule has 0 saturated carbocycles. The Hall–Kier alpha value is -1.65. The lowest BCUT2D eigenvalue weighted by molar-refractivity contribution is -0.0174. The van der Waals surface area contributed by atoms with E-state index in [0.717, 1.165) is 38.0 Å². The lowest BCUT2D eigenvalue weighted by Crippen LogP contribution is -2.53. The highest BCUT2D eigenvalue weighted by Crippen LogP contribution is 2.16. The van der Waals surface area contributed by atoms with Gasteiger partial charge in [0.25, 0.3) is 0 Å². The standard InChI is InChI=1S/C21H32N6O.HI/c1-16(26-11-12-28-15-17(26)2)14-23-21(22-4)25-18(3)19-7-5-8-20(13-19)27-10-6-9-24-27;/h5-10,13,16-18H,11-12,14-15H2,1-4H3,(H2,22,23,25);1H. The molecule has 1 fully saturated rings. The van der Waals surface area contributed by atoms with Crippen LogP contribution in [0, 0.1) is 0 Å². The molecule has 3 atom stereocenters. The van der Waals surface area contributed by atoms with Crippen LogP contribution >= 0.6 is 24.0 Å². The molecule has 2 heterocycles. The van der Waals surface area contributed by atoms with E-state index in [1.54, 1.807) is 6.20 Å². The first-order valence-corrected chi connectivity index (χ1v) is 9.99. The van der Waals surface area contributed by atoms with E-state index in [4.69, 9.17) is 4.74 Å². The van der Waals surface area contributed by atoms with Gasteiger partial charge in [0, 0.05) is 44.6 Å². The molecular weight excluding hydrogens is 479 g/mol. The topological polar surface area (TPSA) is 66.7 Å². The second-order valence-electron chi connectivity index (χ2n) is 7.38. The van der Waals surface area contributed by atoms with Crippen LogP contribution in [-0.4, -0.2) is 66.1 Å². The summed E-state index contributed by atoms with van der Waals surface area (Å²) >= 11 is 0. The number of morpholine rings is 1. The summed E-state index contributed by atoms with van der Waals surface area (Å²) in [6, 6.07) is 11.3. The lowest BCUT2D eigenvalue weighted by atomic mass is 10.1. The molecule has 3 rings (SSSR count). The van der Waals surface area contributed by atoms with Crippen LogP contribution in [0.25, 0.3) is 5.69 Å². The van der Waals surface area contributed by atoms with Gasteiger partial charge >= 0.3 is 0 Å². The smallest absolute Gasteiger partial charge is 0.191 e. The van der Waals surface area contributed by atoms with Crippen LogP contribution in [0.15, 0.2) is 47.7 Å². The van der Waals surface area contributed by atoms with E-state index >= 15 is 0 Å². The first-order valence-electron chi connectivity index (χ1n) is 9.99. The minimum Gasteiger partial charge on any atom is -0.379 e. The average molecular weight is 512 g/mol. The summed E-state index contributed by atoms with van der Waals surface area (Å²) in [5.74, 6) is 0.810. The van der Waals surface area contributed by atoms with Crippen molar-refractivity contribution in [3.8, 4) is 5.69 Å². The Balaban J connectivity index is 0.00000300. The summed E-state index contributed by atoms with van der Waals surface area (Å²) in [4.78, 5) is 6.88. The summed E-state index contributed by atoms with van der Waals surface area (Å²) in [5, 5.41) is 11.3. The highest BCUT2D eigenvalue weighted by molar-refractivity contribution is 14.0. The monoisotopic (exact) mass is 512 g/mol. The molecule has 1 saturated heterocycles. The van der Waals surface area contributed by atoms with Crippen LogP contribution in [-0.2, 0) is 4.74 Å². The summed E-state index contributed by atoms with van der Waals surface area (Å²) in [6.45, 7) is 10.0. The van der Waals surface area contributed by atoms with E-state index in [9.17, 15) is 0 Å². The molecule has 0 spiro atoms. The Morgan fingerprint density at radius 2 is 2.17 bits per heavy atom. The lowest BCUT2D eigenvalue weighted by Gasteiger charge is -2.38. The SMILES string of the molecule is CN=C(NCC(C)N1CCOCC1C)NC(C)c1cccc(-n2cccn2)c1.I. The van der Waals surface area contributed by atoms with Crippen LogP contribution < -0.4 is 10.6 Å². The maximum Gasteiger partial charge on any atom is 0.191 e. The third-order valence-corrected chi connectivity index (χ3v) is 5.27. The number of rotatable bonds is 6. The van der Waals surface area contributed by atoms with Crippen molar-refractivity contribution >= 4 is 29.9 Å². The van der Waals surface area contributed by atoms with E-state index < -0.39 is 0 Å². The molecular formula is C21H33IN6O. The normalized spacial score (nSPS) is 19.9. The molecule has 0 aliphatic carbocycles. The third kappa shape index (κ3) is 6.42. The third-order valence-electron chi connectivity index (χ3n) is 5.27. The zero-order valence-electron chi connectivity index (χ0n) is 17.7. The van der Waals surface area contributed by atoms with Gasteiger partial charge in [-0.25, -0.2) is 4.68 Å². The maximum absolute atomic E-state index is 5.54. The fourth-order valence-electron chi connectivity index (χ4n) is 3.60. The van der Waals surface area contributed by atoms with Crippen molar-refractivity contribution in [2.24, 2.45) is 4.99 Å². The number of nitrogens with one attached hydrogen (secondary N) is 2. The van der Waals surface area contributed by atoms with Gasteiger partial charge in [-0.2, -0.15) is 5.10 Å². The number of hydrogen-bond donors (Lipinski definition) is 2. The van der Waals surface area contributed by atoms with E-state index in [1.165, 1.54) is 5.56 Å². The molecule has 0 radical (unpaired) electrons. The number of guanidine groups is 1. The van der Waals surface area contributed by atoms with Gasteiger partial charge < -0.3 is 15.4 Å². The molecule has 1 aromatic heterocycles. The van der Waals surface area contributed by atoms with E-state index in [0.29, 0.717) is 12.1 Å². The quantitative estimate of drug-likeness (QED) is 0.354. The van der Waals surface area contributed by atoms with Gasteiger partial charge in [0.2, 0.25) is 0 Å². The van der Waals surface area contributed by atoms with E-state index in [-0.39, 0.29) is 30.0 Å². The van der Waals surface area contributed by atoms with Gasteiger partial charge in [0.15, 0.2) is 5.96 Å². The number of nitrogens with zero attached hydrogens (tertiary/aromatic N) is 4. The Morgan fingerprint density at radius 3 is 2.86 bits per heavy atom. The second kappa shape index (κ2) is 11.5. The number of halogens is 1. The van der Waals surface area contributed by atoms with Crippen molar-refractivity contribution in [3.05, 3.63) is 48.3 Å². The number of hydrogen-bond acceptors (Lipinski definition) is 4. The fraction of sp³-hybridized carbons (Fsp3) is 0.524. The second-order valence-corrected chi connectivity index (χ2v) is 7.38. The van der Waals surface area contributed by atoms with Crippen molar-refractivity contribution in [1.29, 1.82) is 0 Å².